The molecule has 0 saturated carbocycles. The standard InChI is InChI=1S/C19H20FN5O3/c1-11-15(12(2)25(23-11)14-5-3-13(20)4-6-14)16(26)24-9-7-19(8-10-24)17(27)21-18(28)22-19/h3-6H,7-10H2,1-2H3,(H2,21,22,27,28). The van der Waals surface area contributed by atoms with E-state index in [1.165, 1.54) is 12.1 Å². The predicted octanol–water partition coefficient (Wildman–Crippen LogP) is 1.44. The van der Waals surface area contributed by atoms with Crippen molar-refractivity contribution in [2.24, 2.45) is 0 Å². The van der Waals surface area contributed by atoms with Crippen molar-refractivity contribution >= 4 is 17.8 Å². The van der Waals surface area contributed by atoms with Gasteiger partial charge in [0.1, 0.15) is 11.4 Å². The smallest absolute Gasteiger partial charge is 0.322 e. The van der Waals surface area contributed by atoms with Gasteiger partial charge in [0.2, 0.25) is 0 Å². The van der Waals surface area contributed by atoms with E-state index in [-0.39, 0.29) is 17.6 Å². The molecule has 2 aliphatic heterocycles. The normalized spacial score (nSPS) is 18.3. The molecule has 0 radical (unpaired) electrons. The molecular formula is C19H20FN5O3. The molecule has 4 amide bonds. The lowest BCUT2D eigenvalue weighted by Gasteiger charge is -2.37. The number of rotatable bonds is 2. The van der Waals surface area contributed by atoms with Gasteiger partial charge in [-0.1, -0.05) is 0 Å². The van der Waals surface area contributed by atoms with Gasteiger partial charge in [-0.3, -0.25) is 14.9 Å². The summed E-state index contributed by atoms with van der Waals surface area (Å²) in [5, 5.41) is 9.40. The highest BCUT2D eigenvalue weighted by Gasteiger charge is 2.48. The zero-order valence-corrected chi connectivity index (χ0v) is 15.6. The fourth-order valence-corrected chi connectivity index (χ4v) is 3.92. The van der Waals surface area contributed by atoms with Gasteiger partial charge in [0.25, 0.3) is 11.8 Å². The molecule has 1 aromatic heterocycles. The van der Waals surface area contributed by atoms with Crippen LogP contribution in [0.15, 0.2) is 24.3 Å². The van der Waals surface area contributed by atoms with Crippen molar-refractivity contribution in [3.05, 3.63) is 47.0 Å². The first kappa shape index (κ1) is 18.1. The van der Waals surface area contributed by atoms with E-state index in [1.54, 1.807) is 35.6 Å². The number of urea groups is 1. The third-order valence-electron chi connectivity index (χ3n) is 5.50. The molecule has 1 spiro atoms. The molecule has 9 heteroatoms. The molecule has 3 heterocycles. The van der Waals surface area contributed by atoms with Gasteiger partial charge >= 0.3 is 6.03 Å². The summed E-state index contributed by atoms with van der Waals surface area (Å²) >= 11 is 0. The van der Waals surface area contributed by atoms with Crippen molar-refractivity contribution in [1.29, 1.82) is 0 Å². The topological polar surface area (TPSA) is 96.3 Å². The third-order valence-corrected chi connectivity index (χ3v) is 5.50. The van der Waals surface area contributed by atoms with Gasteiger partial charge in [-0.05, 0) is 51.0 Å². The number of hydrogen-bond donors (Lipinski definition) is 2. The van der Waals surface area contributed by atoms with E-state index in [4.69, 9.17) is 0 Å². The van der Waals surface area contributed by atoms with Gasteiger partial charge in [0, 0.05) is 13.1 Å². The first-order chi connectivity index (χ1) is 13.3. The maximum Gasteiger partial charge on any atom is 0.322 e. The maximum absolute atomic E-state index is 13.2. The van der Waals surface area contributed by atoms with Gasteiger partial charge in [-0.25, -0.2) is 13.9 Å². The van der Waals surface area contributed by atoms with E-state index >= 15 is 0 Å². The molecule has 2 aromatic rings. The zero-order valence-electron chi connectivity index (χ0n) is 15.6. The molecule has 0 bridgehead atoms. The summed E-state index contributed by atoms with van der Waals surface area (Å²) in [5.41, 5.74) is 1.50. The Bertz CT molecular complexity index is 974. The van der Waals surface area contributed by atoms with E-state index in [0.29, 0.717) is 48.6 Å². The van der Waals surface area contributed by atoms with E-state index < -0.39 is 11.6 Å². The molecule has 0 aliphatic carbocycles. The lowest BCUT2D eigenvalue weighted by Crippen LogP contribution is -2.55. The van der Waals surface area contributed by atoms with Crippen LogP contribution in [0.25, 0.3) is 5.69 Å². The Kier molecular flexibility index (Phi) is 4.17. The summed E-state index contributed by atoms with van der Waals surface area (Å²) in [4.78, 5) is 38.3. The molecular weight excluding hydrogens is 365 g/mol. The number of aryl methyl sites for hydroxylation is 1. The van der Waals surface area contributed by atoms with E-state index in [2.05, 4.69) is 15.7 Å². The highest BCUT2D eigenvalue weighted by atomic mass is 19.1. The third kappa shape index (κ3) is 2.83. The average molecular weight is 385 g/mol. The number of amides is 4. The minimum atomic E-state index is -0.920. The fourth-order valence-electron chi connectivity index (χ4n) is 3.92. The van der Waals surface area contributed by atoms with Crippen LogP contribution in [-0.2, 0) is 4.79 Å². The molecule has 8 nitrogen and oxygen atoms in total. The number of carbonyl (C=O) groups excluding carboxylic acids is 3. The Hall–Kier alpha value is -3.23. The first-order valence-electron chi connectivity index (χ1n) is 9.06. The van der Waals surface area contributed by atoms with Crippen LogP contribution in [0.4, 0.5) is 9.18 Å². The van der Waals surface area contributed by atoms with Crippen LogP contribution in [0.3, 0.4) is 0 Å². The van der Waals surface area contributed by atoms with Crippen LogP contribution in [-0.4, -0.2) is 51.2 Å². The Morgan fingerprint density at radius 2 is 1.79 bits per heavy atom. The van der Waals surface area contributed by atoms with Crippen LogP contribution in [0.5, 0.6) is 0 Å². The molecule has 1 aromatic carbocycles. The second kappa shape index (κ2) is 6.43. The molecule has 2 fully saturated rings. The lowest BCUT2D eigenvalue weighted by molar-refractivity contribution is -0.125. The van der Waals surface area contributed by atoms with Crippen LogP contribution < -0.4 is 10.6 Å². The summed E-state index contributed by atoms with van der Waals surface area (Å²) in [7, 11) is 0. The van der Waals surface area contributed by atoms with Crippen LogP contribution in [0, 0.1) is 19.7 Å². The number of halogens is 1. The van der Waals surface area contributed by atoms with Gasteiger partial charge in [-0.15, -0.1) is 0 Å². The van der Waals surface area contributed by atoms with Gasteiger partial charge in [-0.2, -0.15) is 5.10 Å². The summed E-state index contributed by atoms with van der Waals surface area (Å²) in [6.45, 7) is 4.27. The number of carbonyl (C=O) groups is 3. The second-order valence-corrected chi connectivity index (χ2v) is 7.22. The molecule has 2 aliphatic rings. The molecule has 146 valence electrons. The monoisotopic (exact) mass is 385 g/mol. The van der Waals surface area contributed by atoms with E-state index in [9.17, 15) is 18.8 Å². The second-order valence-electron chi connectivity index (χ2n) is 7.22. The highest BCUT2D eigenvalue weighted by molar-refractivity contribution is 6.07. The molecule has 2 N–H and O–H groups in total. The average Bonchev–Trinajstić information content (AvgIpc) is 3.11. The van der Waals surface area contributed by atoms with Crippen molar-refractivity contribution in [2.75, 3.05) is 13.1 Å². The van der Waals surface area contributed by atoms with Gasteiger partial charge in [0.15, 0.2) is 0 Å². The van der Waals surface area contributed by atoms with Crippen molar-refractivity contribution in [2.45, 2.75) is 32.2 Å². The number of aromatic nitrogens is 2. The van der Waals surface area contributed by atoms with Crippen LogP contribution in [0.1, 0.15) is 34.6 Å². The SMILES string of the molecule is Cc1nn(-c2ccc(F)cc2)c(C)c1C(=O)N1CCC2(CC1)NC(=O)NC2=O. The number of nitrogens with zero attached hydrogens (tertiary/aromatic N) is 3. The quantitative estimate of drug-likeness (QED) is 0.765. The first-order valence-corrected chi connectivity index (χ1v) is 9.06. The van der Waals surface area contributed by atoms with Crippen LogP contribution >= 0.6 is 0 Å². The predicted molar refractivity (Wildman–Crippen MR) is 97.5 cm³/mol. The summed E-state index contributed by atoms with van der Waals surface area (Å²) < 4.78 is 14.8. The fraction of sp³-hybridized carbons (Fsp3) is 0.368. The minimum absolute atomic E-state index is 0.164. The van der Waals surface area contributed by atoms with E-state index in [1.807, 2.05) is 0 Å². The highest BCUT2D eigenvalue weighted by Crippen LogP contribution is 2.28. The van der Waals surface area contributed by atoms with Crippen molar-refractivity contribution in [3.8, 4) is 5.69 Å². The summed E-state index contributed by atoms with van der Waals surface area (Å²) in [5.74, 6) is -0.837. The number of imide groups is 1. The Morgan fingerprint density at radius 3 is 2.36 bits per heavy atom. The maximum atomic E-state index is 13.2. The number of likely N-dealkylation sites (tertiary alicyclic amines) is 1. The largest absolute Gasteiger partial charge is 0.338 e. The number of benzene rings is 1. The van der Waals surface area contributed by atoms with Crippen molar-refractivity contribution in [3.63, 3.8) is 0 Å². The Balaban J connectivity index is 1.55. The molecule has 2 saturated heterocycles. The Morgan fingerprint density at radius 1 is 1.14 bits per heavy atom. The summed E-state index contributed by atoms with van der Waals surface area (Å²) in [6.07, 6.45) is 0.723. The number of nitrogens with one attached hydrogen (secondary N) is 2. The van der Waals surface area contributed by atoms with Gasteiger partial charge < -0.3 is 10.2 Å². The van der Waals surface area contributed by atoms with Crippen LogP contribution in [0.2, 0.25) is 0 Å². The molecule has 4 rings (SSSR count). The molecule has 28 heavy (non-hydrogen) atoms. The Labute approximate surface area is 160 Å². The molecule has 0 atom stereocenters. The van der Waals surface area contributed by atoms with Gasteiger partial charge in [0.05, 0.1) is 22.6 Å². The minimum Gasteiger partial charge on any atom is -0.338 e. The number of hydrogen-bond acceptors (Lipinski definition) is 4. The summed E-state index contributed by atoms with van der Waals surface area (Å²) in [6, 6.07) is 5.41. The van der Waals surface area contributed by atoms with Crippen molar-refractivity contribution < 1.29 is 18.8 Å². The number of piperidine rings is 1. The lowest BCUT2D eigenvalue weighted by atomic mass is 9.87. The van der Waals surface area contributed by atoms with E-state index in [0.717, 1.165) is 0 Å². The van der Waals surface area contributed by atoms with Crippen molar-refractivity contribution in [1.82, 2.24) is 25.3 Å². The molecule has 0 unspecified atom stereocenters. The zero-order chi connectivity index (χ0) is 20.1.